The maximum absolute atomic E-state index is 12.9. The number of carbonyl (C=O) groups is 3. The second kappa shape index (κ2) is 9.12. The van der Waals surface area contributed by atoms with Crippen molar-refractivity contribution in [3.8, 4) is 0 Å². The number of aromatic nitrogens is 2. The summed E-state index contributed by atoms with van der Waals surface area (Å²) in [5.74, 6) is -1.86. The molecule has 1 aromatic rings. The van der Waals surface area contributed by atoms with Crippen LogP contribution in [0.5, 0.6) is 0 Å². The zero-order valence-electron chi connectivity index (χ0n) is 18.2. The highest BCUT2D eigenvalue weighted by Gasteiger charge is 2.54. The topological polar surface area (TPSA) is 160 Å². The Morgan fingerprint density at radius 1 is 1.44 bits per heavy atom. The Bertz CT molecular complexity index is 1000. The zero-order valence-corrected chi connectivity index (χ0v) is 19.0. The summed E-state index contributed by atoms with van der Waals surface area (Å²) in [6.45, 7) is 2.38. The van der Waals surface area contributed by atoms with Crippen molar-refractivity contribution in [3.05, 3.63) is 29.4 Å². The van der Waals surface area contributed by atoms with E-state index in [0.717, 1.165) is 0 Å². The number of rotatable bonds is 8. The molecule has 13 heteroatoms. The van der Waals surface area contributed by atoms with Crippen LogP contribution in [-0.4, -0.2) is 99.4 Å². The van der Waals surface area contributed by atoms with E-state index in [0.29, 0.717) is 22.4 Å². The molecule has 2 amide bonds. The van der Waals surface area contributed by atoms with Gasteiger partial charge in [-0.25, -0.2) is 14.8 Å². The first-order chi connectivity index (χ1) is 15.0. The van der Waals surface area contributed by atoms with Gasteiger partial charge in [0.25, 0.3) is 11.8 Å². The number of quaternary nitrogens is 1. The number of nitrogens with two attached hydrogens (primary N) is 1. The average Bonchev–Trinajstić information content (AvgIpc) is 2.70. The Labute approximate surface area is 189 Å². The van der Waals surface area contributed by atoms with Crippen LogP contribution in [0.2, 0.25) is 0 Å². The molecule has 1 unspecified atom stereocenters. The molecule has 2 aliphatic heterocycles. The summed E-state index contributed by atoms with van der Waals surface area (Å²) in [6.07, 6.45) is 1.37. The van der Waals surface area contributed by atoms with E-state index in [9.17, 15) is 19.5 Å². The molecule has 0 aliphatic carbocycles. The molecule has 2 atom stereocenters. The number of carboxylic acid groups (broad SMARTS) is 1. The first-order valence-electron chi connectivity index (χ1n) is 9.83. The predicted octanol–water partition coefficient (Wildman–Crippen LogP) is -0.756. The van der Waals surface area contributed by atoms with E-state index < -0.39 is 29.2 Å². The van der Waals surface area contributed by atoms with E-state index in [4.69, 9.17) is 10.6 Å². The summed E-state index contributed by atoms with van der Waals surface area (Å²) in [7, 11) is 5.84. The van der Waals surface area contributed by atoms with Crippen LogP contribution in [0.4, 0.5) is 5.82 Å². The number of nitrogens with zero attached hydrogens (tertiary/aromatic N) is 5. The fourth-order valence-electron chi connectivity index (χ4n) is 3.39. The highest BCUT2D eigenvalue weighted by molar-refractivity contribution is 8.00. The highest BCUT2D eigenvalue weighted by atomic mass is 32.2. The van der Waals surface area contributed by atoms with Crippen molar-refractivity contribution >= 4 is 41.1 Å². The summed E-state index contributed by atoms with van der Waals surface area (Å²) in [5.41, 5.74) is 6.10. The molecule has 4 N–H and O–H groups in total. The number of likely N-dealkylation sites (N-methyl/N-ethyl adjacent to an activating group) is 1. The molecular weight excluding hydrogens is 438 g/mol. The van der Waals surface area contributed by atoms with Crippen LogP contribution >= 0.6 is 11.8 Å². The number of amides is 2. The van der Waals surface area contributed by atoms with Crippen LogP contribution < -0.4 is 11.1 Å². The van der Waals surface area contributed by atoms with Crippen molar-refractivity contribution in [2.75, 3.05) is 45.8 Å². The molecule has 0 spiro atoms. The third kappa shape index (κ3) is 4.83. The number of nitrogen functional groups attached to an aromatic ring is 1. The van der Waals surface area contributed by atoms with Crippen LogP contribution in [0.1, 0.15) is 12.7 Å². The van der Waals surface area contributed by atoms with Gasteiger partial charge in [0.15, 0.2) is 5.82 Å². The minimum absolute atomic E-state index is 0.0142. The summed E-state index contributed by atoms with van der Waals surface area (Å²) in [5, 5.41) is 15.6. The van der Waals surface area contributed by atoms with Crippen LogP contribution in [0.3, 0.4) is 0 Å². The van der Waals surface area contributed by atoms with Gasteiger partial charge in [0.2, 0.25) is 5.71 Å². The SMILES string of the molecule is CCON=C(C(=O)NC1C(=O)N2C(C(=O)O)=C(C[N+](C)(C)C)CS[C@@H]12)c1nccc(N)n1. The second-order valence-corrected chi connectivity index (χ2v) is 9.33. The molecule has 3 rings (SSSR count). The minimum atomic E-state index is -1.16. The molecule has 3 heterocycles. The van der Waals surface area contributed by atoms with Gasteiger partial charge in [0.05, 0.1) is 21.1 Å². The number of aliphatic carboxylic acids is 1. The molecule has 2 aliphatic rings. The van der Waals surface area contributed by atoms with Crippen LogP contribution in [-0.2, 0) is 19.2 Å². The molecule has 172 valence electrons. The fraction of sp³-hybridized carbons (Fsp3) is 0.474. The molecular formula is C19H26N7O5S+. The van der Waals surface area contributed by atoms with E-state index in [2.05, 4.69) is 20.4 Å². The van der Waals surface area contributed by atoms with Crippen molar-refractivity contribution < 1.29 is 28.8 Å². The summed E-state index contributed by atoms with van der Waals surface area (Å²) in [6, 6.07) is 0.541. The van der Waals surface area contributed by atoms with Crippen molar-refractivity contribution in [3.63, 3.8) is 0 Å². The number of hydrogen-bond donors (Lipinski definition) is 3. The smallest absolute Gasteiger partial charge is 0.352 e. The van der Waals surface area contributed by atoms with Gasteiger partial charge in [-0.15, -0.1) is 11.8 Å². The van der Waals surface area contributed by atoms with Crippen molar-refractivity contribution in [2.45, 2.75) is 18.3 Å². The Morgan fingerprint density at radius 3 is 2.75 bits per heavy atom. The predicted molar refractivity (Wildman–Crippen MR) is 117 cm³/mol. The monoisotopic (exact) mass is 464 g/mol. The number of hydrogen-bond acceptors (Lipinski definition) is 9. The number of carbonyl (C=O) groups excluding carboxylic acids is 2. The number of fused-ring (bicyclic) bond motifs is 1. The van der Waals surface area contributed by atoms with Gasteiger partial charge >= 0.3 is 5.97 Å². The number of thioether (sulfide) groups is 1. The third-order valence-corrected chi connectivity index (χ3v) is 5.93. The lowest BCUT2D eigenvalue weighted by Crippen LogP contribution is -2.71. The summed E-state index contributed by atoms with van der Waals surface area (Å²) >= 11 is 1.40. The second-order valence-electron chi connectivity index (χ2n) is 8.23. The molecule has 1 fully saturated rings. The number of β-lactam (4-membered cyclic amide) rings is 1. The number of nitrogens with one attached hydrogen (secondary N) is 1. The number of anilines is 1. The first kappa shape index (κ1) is 23.5. The Morgan fingerprint density at radius 2 is 2.16 bits per heavy atom. The maximum atomic E-state index is 12.9. The highest BCUT2D eigenvalue weighted by Crippen LogP contribution is 2.40. The number of carboxylic acids is 1. The van der Waals surface area contributed by atoms with E-state index in [1.54, 1.807) is 6.92 Å². The fourth-order valence-corrected chi connectivity index (χ4v) is 4.72. The standard InChI is InChI=1S/C19H25N7O5S/c1-5-31-24-12(15-21-7-6-11(20)22-15)16(27)23-13-17(28)25-14(19(29)30)10(8-26(2,3)4)9-32-18(13)25/h6-7,13,18H,5,8-9H2,1-4H3,(H3-,20,21,22,23,27,29,30)/p+1/t13?,18-/m0/s1. The molecule has 0 saturated carbocycles. The molecule has 12 nitrogen and oxygen atoms in total. The van der Waals surface area contributed by atoms with Gasteiger partial charge in [-0.3, -0.25) is 14.5 Å². The first-order valence-corrected chi connectivity index (χ1v) is 10.9. The van der Waals surface area contributed by atoms with Crippen molar-refractivity contribution in [1.82, 2.24) is 20.2 Å². The van der Waals surface area contributed by atoms with Gasteiger partial charge in [-0.05, 0) is 13.0 Å². The van der Waals surface area contributed by atoms with Gasteiger partial charge < -0.3 is 25.5 Å². The minimum Gasteiger partial charge on any atom is -0.477 e. The quantitative estimate of drug-likeness (QED) is 0.194. The summed E-state index contributed by atoms with van der Waals surface area (Å²) in [4.78, 5) is 51.9. The molecule has 1 aromatic heterocycles. The van der Waals surface area contributed by atoms with Crippen LogP contribution in [0.25, 0.3) is 0 Å². The molecule has 1 saturated heterocycles. The van der Waals surface area contributed by atoms with Crippen LogP contribution in [0, 0.1) is 0 Å². The maximum Gasteiger partial charge on any atom is 0.352 e. The lowest BCUT2D eigenvalue weighted by Gasteiger charge is -2.49. The van der Waals surface area contributed by atoms with Crippen molar-refractivity contribution in [2.24, 2.45) is 5.16 Å². The van der Waals surface area contributed by atoms with Gasteiger partial charge in [0.1, 0.15) is 36.1 Å². The Balaban J connectivity index is 1.82. The van der Waals surface area contributed by atoms with Gasteiger partial charge in [-0.2, -0.15) is 0 Å². The third-order valence-electron chi connectivity index (χ3n) is 4.59. The summed E-state index contributed by atoms with van der Waals surface area (Å²) < 4.78 is 0.525. The Hall–Kier alpha value is -3.19. The molecule has 0 aromatic carbocycles. The Kier molecular flexibility index (Phi) is 6.69. The zero-order chi connectivity index (χ0) is 23.6. The van der Waals surface area contributed by atoms with Gasteiger partial charge in [0, 0.05) is 17.5 Å². The van der Waals surface area contributed by atoms with Crippen molar-refractivity contribution in [1.29, 1.82) is 0 Å². The van der Waals surface area contributed by atoms with Crippen LogP contribution in [0.15, 0.2) is 28.7 Å². The average molecular weight is 465 g/mol. The van der Waals surface area contributed by atoms with E-state index >= 15 is 0 Å². The molecule has 0 radical (unpaired) electrons. The lowest BCUT2D eigenvalue weighted by atomic mass is 10.0. The van der Waals surface area contributed by atoms with E-state index in [1.807, 2.05) is 21.1 Å². The number of oxime groups is 1. The normalized spacial score (nSPS) is 21.1. The van der Waals surface area contributed by atoms with E-state index in [-0.39, 0.29) is 29.7 Å². The van der Waals surface area contributed by atoms with Gasteiger partial charge in [-0.1, -0.05) is 5.16 Å². The molecule has 32 heavy (non-hydrogen) atoms. The largest absolute Gasteiger partial charge is 0.477 e. The molecule has 0 bridgehead atoms. The lowest BCUT2D eigenvalue weighted by molar-refractivity contribution is -0.865. The van der Waals surface area contributed by atoms with E-state index in [1.165, 1.54) is 28.9 Å².